The van der Waals surface area contributed by atoms with Gasteiger partial charge >= 0.3 is 16.1 Å². The van der Waals surface area contributed by atoms with Gasteiger partial charge in [-0.1, -0.05) is 40.9 Å². The normalized spacial score (nSPS) is 11.4. The fraction of sp³-hybridized carbons (Fsp3) is 0.0435. The Morgan fingerprint density at radius 2 is 1.71 bits per heavy atom. The number of rotatable bonds is 6. The van der Waals surface area contributed by atoms with Crippen LogP contribution in [-0.2, 0) is 10.1 Å². The quantitative estimate of drug-likeness (QED) is 0.254. The van der Waals surface area contributed by atoms with Crippen molar-refractivity contribution in [2.45, 2.75) is 11.8 Å². The van der Waals surface area contributed by atoms with Crippen molar-refractivity contribution in [1.29, 1.82) is 0 Å². The summed E-state index contributed by atoms with van der Waals surface area (Å²) in [6, 6.07) is 13.6. The molecule has 34 heavy (non-hydrogen) atoms. The van der Waals surface area contributed by atoms with Crippen molar-refractivity contribution >= 4 is 61.8 Å². The molecule has 0 aliphatic rings. The molecule has 0 atom stereocenters. The highest BCUT2D eigenvalue weighted by Crippen LogP contribution is 2.36. The van der Waals surface area contributed by atoms with Crippen molar-refractivity contribution in [3.8, 4) is 5.75 Å². The number of anilines is 1. The van der Waals surface area contributed by atoms with Crippen LogP contribution in [0.2, 0.25) is 10.0 Å². The van der Waals surface area contributed by atoms with Crippen molar-refractivity contribution in [3.05, 3.63) is 87.6 Å². The SMILES string of the molecule is Cc1ccc(S(=O)(=O)Oc2ccc3c(NC(N)=O)c(C(=O)c4ccc(Cl)cc4Cl)oc3c2)cc1. The highest BCUT2D eigenvalue weighted by Gasteiger charge is 2.26. The number of hydrogen-bond acceptors (Lipinski definition) is 6. The number of furan rings is 1. The van der Waals surface area contributed by atoms with Crippen LogP contribution in [0.4, 0.5) is 10.5 Å². The number of primary amides is 1. The number of nitrogens with one attached hydrogen (secondary N) is 1. The van der Waals surface area contributed by atoms with Gasteiger partial charge in [-0.15, -0.1) is 0 Å². The second-order valence-electron chi connectivity index (χ2n) is 7.26. The lowest BCUT2D eigenvalue weighted by molar-refractivity contribution is 0.101. The third-order valence-electron chi connectivity index (χ3n) is 4.81. The average molecular weight is 519 g/mol. The smallest absolute Gasteiger partial charge is 0.339 e. The third-order valence-corrected chi connectivity index (χ3v) is 6.62. The van der Waals surface area contributed by atoms with Crippen molar-refractivity contribution in [1.82, 2.24) is 0 Å². The molecule has 0 spiro atoms. The summed E-state index contributed by atoms with van der Waals surface area (Å²) in [7, 11) is -4.12. The highest BCUT2D eigenvalue weighted by atomic mass is 35.5. The van der Waals surface area contributed by atoms with Gasteiger partial charge in [0.25, 0.3) is 0 Å². The maximum absolute atomic E-state index is 13.1. The number of urea groups is 1. The third kappa shape index (κ3) is 4.72. The van der Waals surface area contributed by atoms with E-state index in [4.69, 9.17) is 37.5 Å². The molecule has 8 nitrogen and oxygen atoms in total. The van der Waals surface area contributed by atoms with E-state index in [9.17, 15) is 18.0 Å². The Labute approximate surface area is 204 Å². The molecule has 1 aromatic heterocycles. The van der Waals surface area contributed by atoms with Crippen LogP contribution in [0.5, 0.6) is 5.75 Å². The molecule has 0 aliphatic heterocycles. The first kappa shape index (κ1) is 23.6. The molecule has 0 fully saturated rings. The van der Waals surface area contributed by atoms with Gasteiger partial charge in [0.1, 0.15) is 21.9 Å². The van der Waals surface area contributed by atoms with Gasteiger partial charge in [0.05, 0.1) is 5.02 Å². The molecule has 0 saturated carbocycles. The largest absolute Gasteiger partial charge is 0.450 e. The van der Waals surface area contributed by atoms with Crippen LogP contribution in [0.1, 0.15) is 21.7 Å². The van der Waals surface area contributed by atoms with Gasteiger partial charge in [0.15, 0.2) is 5.76 Å². The molecule has 0 saturated heterocycles. The molecule has 0 bridgehead atoms. The van der Waals surface area contributed by atoms with E-state index in [1.54, 1.807) is 12.1 Å². The summed E-state index contributed by atoms with van der Waals surface area (Å²) in [4.78, 5) is 24.7. The fourth-order valence-electron chi connectivity index (χ4n) is 3.21. The van der Waals surface area contributed by atoms with Crippen LogP contribution in [0, 0.1) is 6.92 Å². The molecular formula is C23H16Cl2N2O6S. The number of hydrogen-bond donors (Lipinski definition) is 2. The maximum Gasteiger partial charge on any atom is 0.339 e. The predicted molar refractivity (Wildman–Crippen MR) is 128 cm³/mol. The minimum Gasteiger partial charge on any atom is -0.450 e. The van der Waals surface area contributed by atoms with E-state index in [1.165, 1.54) is 48.5 Å². The van der Waals surface area contributed by atoms with Gasteiger partial charge in [0, 0.05) is 22.0 Å². The molecule has 174 valence electrons. The molecule has 2 amide bonds. The van der Waals surface area contributed by atoms with Gasteiger partial charge < -0.3 is 19.7 Å². The van der Waals surface area contributed by atoms with Gasteiger partial charge in [-0.05, 0) is 49.4 Å². The number of nitrogens with two attached hydrogens (primary N) is 1. The van der Waals surface area contributed by atoms with Gasteiger partial charge in [-0.2, -0.15) is 8.42 Å². The Kier molecular flexibility index (Phi) is 6.26. The number of carbonyl (C=O) groups is 2. The molecule has 4 rings (SSSR count). The average Bonchev–Trinajstić information content (AvgIpc) is 3.10. The number of halogens is 2. The lowest BCUT2D eigenvalue weighted by atomic mass is 10.1. The molecule has 3 N–H and O–H groups in total. The first-order chi connectivity index (χ1) is 16.0. The van der Waals surface area contributed by atoms with Crippen molar-refractivity contribution in [2.75, 3.05) is 5.32 Å². The van der Waals surface area contributed by atoms with E-state index in [0.29, 0.717) is 10.4 Å². The Bertz CT molecular complexity index is 1550. The zero-order valence-corrected chi connectivity index (χ0v) is 19.8. The first-order valence-corrected chi connectivity index (χ1v) is 11.9. The zero-order valence-electron chi connectivity index (χ0n) is 17.5. The molecule has 0 aliphatic carbocycles. The van der Waals surface area contributed by atoms with Gasteiger partial charge in [-0.3, -0.25) is 4.79 Å². The summed E-state index contributed by atoms with van der Waals surface area (Å²) >= 11 is 12.0. The topological polar surface area (TPSA) is 129 Å². The molecule has 0 radical (unpaired) electrons. The molecule has 3 aromatic carbocycles. The molecular weight excluding hydrogens is 503 g/mol. The lowest BCUT2D eigenvalue weighted by Gasteiger charge is -2.07. The van der Waals surface area contributed by atoms with Crippen LogP contribution in [-0.4, -0.2) is 20.2 Å². The second-order valence-corrected chi connectivity index (χ2v) is 9.65. The molecule has 11 heteroatoms. The Hall–Kier alpha value is -3.53. The lowest BCUT2D eigenvalue weighted by Crippen LogP contribution is -2.20. The Morgan fingerprint density at radius 3 is 2.35 bits per heavy atom. The van der Waals surface area contributed by atoms with Crippen LogP contribution in [0.3, 0.4) is 0 Å². The second kappa shape index (κ2) is 9.02. The minimum absolute atomic E-state index is 0.00598. The summed E-state index contributed by atoms with van der Waals surface area (Å²) < 4.78 is 36.2. The van der Waals surface area contributed by atoms with Gasteiger partial charge in [0.2, 0.25) is 5.78 Å². The molecule has 4 aromatic rings. The summed E-state index contributed by atoms with van der Waals surface area (Å²) in [6.45, 7) is 1.83. The van der Waals surface area contributed by atoms with E-state index in [0.717, 1.165) is 5.56 Å². The van der Waals surface area contributed by atoms with Crippen molar-refractivity contribution in [3.63, 3.8) is 0 Å². The summed E-state index contributed by atoms with van der Waals surface area (Å²) in [6.07, 6.45) is 0. The standard InChI is InChI=1S/C23H16Cl2N2O6S/c1-12-2-6-15(7-3-12)34(30,31)33-14-5-9-17-19(11-14)32-22(20(17)27-23(26)29)21(28)16-8-4-13(24)10-18(16)25/h2-11H,1H3,(H3,26,27,29). The van der Waals surface area contributed by atoms with E-state index in [2.05, 4.69) is 5.32 Å². The number of aryl methyl sites for hydroxylation is 1. The fourth-order valence-corrected chi connectivity index (χ4v) is 4.63. The van der Waals surface area contributed by atoms with Crippen LogP contribution < -0.4 is 15.2 Å². The molecule has 1 heterocycles. The van der Waals surface area contributed by atoms with E-state index >= 15 is 0 Å². The highest BCUT2D eigenvalue weighted by molar-refractivity contribution is 7.87. The predicted octanol–water partition coefficient (Wildman–Crippen LogP) is 5.54. The first-order valence-electron chi connectivity index (χ1n) is 9.69. The van der Waals surface area contributed by atoms with Crippen LogP contribution >= 0.6 is 23.2 Å². The maximum atomic E-state index is 13.1. The minimum atomic E-state index is -4.12. The van der Waals surface area contributed by atoms with E-state index in [-0.39, 0.29) is 38.3 Å². The number of fused-ring (bicyclic) bond motifs is 1. The van der Waals surface area contributed by atoms with E-state index < -0.39 is 21.9 Å². The van der Waals surface area contributed by atoms with Crippen molar-refractivity contribution in [2.24, 2.45) is 5.73 Å². The monoisotopic (exact) mass is 518 g/mol. The summed E-state index contributed by atoms with van der Waals surface area (Å²) in [5.41, 5.74) is 6.33. The van der Waals surface area contributed by atoms with E-state index in [1.807, 2.05) is 6.92 Å². The number of amides is 2. The van der Waals surface area contributed by atoms with Crippen LogP contribution in [0.15, 0.2) is 70.0 Å². The molecule has 0 unspecified atom stereocenters. The van der Waals surface area contributed by atoms with Gasteiger partial charge in [-0.25, -0.2) is 4.79 Å². The number of benzene rings is 3. The van der Waals surface area contributed by atoms with Crippen molar-refractivity contribution < 1.29 is 26.6 Å². The zero-order chi connectivity index (χ0) is 24.6. The summed E-state index contributed by atoms with van der Waals surface area (Å²) in [5.74, 6) is -0.955. The number of ketones is 1. The Morgan fingerprint density at radius 1 is 1.00 bits per heavy atom. The number of carbonyl (C=O) groups excluding carboxylic acids is 2. The van der Waals surface area contributed by atoms with Crippen LogP contribution in [0.25, 0.3) is 11.0 Å². The summed E-state index contributed by atoms with van der Waals surface area (Å²) in [5, 5.41) is 3.08. The Balaban J connectivity index is 1.76.